The molecule has 1 fully saturated rings. The lowest BCUT2D eigenvalue weighted by atomic mass is 10.2. The third kappa shape index (κ3) is 6.33. The topological polar surface area (TPSA) is 53.6 Å². The molecule has 1 saturated heterocycles. The van der Waals surface area contributed by atoms with Crippen molar-refractivity contribution in [2.24, 2.45) is 0 Å². The van der Waals surface area contributed by atoms with Crippen LogP contribution in [0, 0.1) is 0 Å². The van der Waals surface area contributed by atoms with Crippen LogP contribution in [0.15, 0.2) is 0 Å². The summed E-state index contributed by atoms with van der Waals surface area (Å²) in [7, 11) is 1.64. The number of ether oxygens (including phenoxy) is 1. The number of nitrogens with zero attached hydrogens (tertiary/aromatic N) is 1. The molecule has 106 valence electrons. The molecule has 1 aliphatic heterocycles. The summed E-state index contributed by atoms with van der Waals surface area (Å²) in [6, 6.07) is 0.559. The fourth-order valence-electron chi connectivity index (χ4n) is 2.33. The monoisotopic (exact) mass is 257 g/mol. The molecule has 1 rings (SSSR count). The van der Waals surface area contributed by atoms with Gasteiger partial charge in [-0.2, -0.15) is 0 Å². The molecule has 1 heterocycles. The molecule has 1 unspecified atom stereocenters. The number of hydrogen-bond donors (Lipinski definition) is 2. The number of carbonyl (C=O) groups is 1. The van der Waals surface area contributed by atoms with Crippen LogP contribution in [-0.4, -0.2) is 63.3 Å². The van der Waals surface area contributed by atoms with E-state index < -0.39 is 0 Å². The Morgan fingerprint density at radius 3 is 3.00 bits per heavy atom. The molecule has 0 saturated carbocycles. The smallest absolute Gasteiger partial charge is 0.234 e. The maximum absolute atomic E-state index is 11.7. The molecular formula is C13H27N3O2. The van der Waals surface area contributed by atoms with Gasteiger partial charge in [-0.3, -0.25) is 9.69 Å². The van der Waals surface area contributed by atoms with Crippen LogP contribution in [0.25, 0.3) is 0 Å². The predicted molar refractivity (Wildman–Crippen MR) is 72.6 cm³/mol. The van der Waals surface area contributed by atoms with E-state index >= 15 is 0 Å². The Morgan fingerprint density at radius 1 is 1.56 bits per heavy atom. The quantitative estimate of drug-likeness (QED) is 0.580. The summed E-state index contributed by atoms with van der Waals surface area (Å²) < 4.78 is 4.91. The van der Waals surface area contributed by atoms with Gasteiger partial charge in [0, 0.05) is 26.2 Å². The summed E-state index contributed by atoms with van der Waals surface area (Å²) in [5.74, 6) is 0.0958. The van der Waals surface area contributed by atoms with E-state index in [9.17, 15) is 4.79 Å². The van der Waals surface area contributed by atoms with E-state index in [1.165, 1.54) is 12.8 Å². The molecule has 2 N–H and O–H groups in total. The van der Waals surface area contributed by atoms with E-state index in [4.69, 9.17) is 4.74 Å². The minimum atomic E-state index is 0.0958. The zero-order valence-corrected chi connectivity index (χ0v) is 11.7. The van der Waals surface area contributed by atoms with Crippen molar-refractivity contribution in [2.75, 3.05) is 46.4 Å². The SMILES string of the molecule is CCCN(CC(=O)NCCOC)CC1CCCN1. The number of nitrogens with one attached hydrogen (secondary N) is 2. The molecule has 0 bridgehead atoms. The lowest BCUT2D eigenvalue weighted by molar-refractivity contribution is -0.122. The summed E-state index contributed by atoms with van der Waals surface area (Å²) in [6.07, 6.45) is 3.56. The standard InChI is InChI=1S/C13H27N3O2/c1-3-8-16(10-12-5-4-6-14-12)11-13(17)15-7-9-18-2/h12,14H,3-11H2,1-2H3,(H,15,17). The van der Waals surface area contributed by atoms with Crippen molar-refractivity contribution in [3.05, 3.63) is 0 Å². The van der Waals surface area contributed by atoms with Crippen LogP contribution in [0.5, 0.6) is 0 Å². The van der Waals surface area contributed by atoms with Gasteiger partial charge in [0.2, 0.25) is 5.91 Å². The van der Waals surface area contributed by atoms with Crippen LogP contribution in [0.1, 0.15) is 26.2 Å². The van der Waals surface area contributed by atoms with Crippen LogP contribution in [0.4, 0.5) is 0 Å². The number of methoxy groups -OCH3 is 1. The molecule has 1 aliphatic rings. The van der Waals surface area contributed by atoms with E-state index in [1.54, 1.807) is 7.11 Å². The second kappa shape index (κ2) is 9.30. The van der Waals surface area contributed by atoms with Gasteiger partial charge < -0.3 is 15.4 Å². The first-order valence-electron chi connectivity index (χ1n) is 6.97. The summed E-state index contributed by atoms with van der Waals surface area (Å²) in [4.78, 5) is 14.0. The minimum Gasteiger partial charge on any atom is -0.383 e. The third-order valence-electron chi connectivity index (χ3n) is 3.18. The summed E-state index contributed by atoms with van der Waals surface area (Å²) in [5, 5.41) is 6.35. The van der Waals surface area contributed by atoms with Crippen molar-refractivity contribution >= 4 is 5.91 Å². The van der Waals surface area contributed by atoms with Crippen molar-refractivity contribution in [2.45, 2.75) is 32.2 Å². The van der Waals surface area contributed by atoms with Gasteiger partial charge in [0.25, 0.3) is 0 Å². The van der Waals surface area contributed by atoms with Crippen molar-refractivity contribution in [3.8, 4) is 0 Å². The highest BCUT2D eigenvalue weighted by atomic mass is 16.5. The molecule has 0 aromatic carbocycles. The van der Waals surface area contributed by atoms with Crippen LogP contribution < -0.4 is 10.6 Å². The molecule has 0 aromatic rings. The lowest BCUT2D eigenvalue weighted by Gasteiger charge is -2.24. The van der Waals surface area contributed by atoms with Gasteiger partial charge in [-0.25, -0.2) is 0 Å². The number of hydrogen-bond acceptors (Lipinski definition) is 4. The van der Waals surface area contributed by atoms with Gasteiger partial charge in [0.1, 0.15) is 0 Å². The van der Waals surface area contributed by atoms with E-state index in [0.717, 1.165) is 26.1 Å². The van der Waals surface area contributed by atoms with Crippen molar-refractivity contribution in [1.82, 2.24) is 15.5 Å². The number of rotatable bonds is 9. The Hall–Kier alpha value is -0.650. The highest BCUT2D eigenvalue weighted by Crippen LogP contribution is 2.07. The van der Waals surface area contributed by atoms with Crippen LogP contribution in [-0.2, 0) is 9.53 Å². The number of carbonyl (C=O) groups excluding carboxylic acids is 1. The first-order chi connectivity index (χ1) is 8.76. The molecule has 0 radical (unpaired) electrons. The van der Waals surface area contributed by atoms with E-state index in [-0.39, 0.29) is 5.91 Å². The maximum Gasteiger partial charge on any atom is 0.234 e. The molecule has 1 atom stereocenters. The first-order valence-corrected chi connectivity index (χ1v) is 6.97. The second-order valence-corrected chi connectivity index (χ2v) is 4.87. The average Bonchev–Trinajstić information content (AvgIpc) is 2.82. The average molecular weight is 257 g/mol. The van der Waals surface area contributed by atoms with Gasteiger partial charge in [0.05, 0.1) is 13.2 Å². The second-order valence-electron chi connectivity index (χ2n) is 4.87. The third-order valence-corrected chi connectivity index (χ3v) is 3.18. The molecule has 1 amide bonds. The molecule has 0 aliphatic carbocycles. The van der Waals surface area contributed by atoms with Gasteiger partial charge in [0.15, 0.2) is 0 Å². The fraction of sp³-hybridized carbons (Fsp3) is 0.923. The molecule has 0 aromatic heterocycles. The number of amides is 1. The van der Waals surface area contributed by atoms with Crippen molar-refractivity contribution in [3.63, 3.8) is 0 Å². The highest BCUT2D eigenvalue weighted by Gasteiger charge is 2.18. The van der Waals surface area contributed by atoms with Crippen molar-refractivity contribution in [1.29, 1.82) is 0 Å². The summed E-state index contributed by atoms with van der Waals surface area (Å²) >= 11 is 0. The highest BCUT2D eigenvalue weighted by molar-refractivity contribution is 5.77. The Labute approximate surface area is 110 Å². The largest absolute Gasteiger partial charge is 0.383 e. The Morgan fingerprint density at radius 2 is 2.39 bits per heavy atom. The fourth-order valence-corrected chi connectivity index (χ4v) is 2.33. The van der Waals surface area contributed by atoms with Crippen LogP contribution in [0.3, 0.4) is 0 Å². The molecule has 5 nitrogen and oxygen atoms in total. The first kappa shape index (κ1) is 15.4. The Kier molecular flexibility index (Phi) is 7.96. The van der Waals surface area contributed by atoms with Gasteiger partial charge >= 0.3 is 0 Å². The summed E-state index contributed by atoms with van der Waals surface area (Å²) in [5.41, 5.74) is 0. The summed E-state index contributed by atoms with van der Waals surface area (Å²) in [6.45, 7) is 6.89. The maximum atomic E-state index is 11.7. The van der Waals surface area contributed by atoms with Crippen LogP contribution in [0.2, 0.25) is 0 Å². The normalized spacial score (nSPS) is 19.4. The zero-order valence-electron chi connectivity index (χ0n) is 11.7. The van der Waals surface area contributed by atoms with Crippen molar-refractivity contribution < 1.29 is 9.53 Å². The lowest BCUT2D eigenvalue weighted by Crippen LogP contribution is -2.44. The van der Waals surface area contributed by atoms with E-state index in [2.05, 4.69) is 22.5 Å². The molecule has 0 spiro atoms. The molecular weight excluding hydrogens is 230 g/mol. The Balaban J connectivity index is 2.24. The van der Waals surface area contributed by atoms with Gasteiger partial charge in [-0.15, -0.1) is 0 Å². The molecule has 5 heteroatoms. The van der Waals surface area contributed by atoms with Gasteiger partial charge in [-0.1, -0.05) is 6.92 Å². The zero-order chi connectivity index (χ0) is 13.2. The van der Waals surface area contributed by atoms with E-state index in [1.807, 2.05) is 0 Å². The minimum absolute atomic E-state index is 0.0958. The molecule has 18 heavy (non-hydrogen) atoms. The predicted octanol–water partition coefficient (Wildman–Crippen LogP) is 0.213. The van der Waals surface area contributed by atoms with Gasteiger partial charge in [-0.05, 0) is 32.4 Å². The van der Waals surface area contributed by atoms with Crippen LogP contribution >= 0.6 is 0 Å². The van der Waals surface area contributed by atoms with E-state index in [0.29, 0.717) is 25.7 Å². The Bertz CT molecular complexity index is 230.